The number of nitrogens with zero attached hydrogens (tertiary/aromatic N) is 2. The van der Waals surface area contributed by atoms with E-state index in [9.17, 15) is 0 Å². The Balaban J connectivity index is 2.16. The molecule has 3 nitrogen and oxygen atoms in total. The molecule has 0 aliphatic carbocycles. The van der Waals surface area contributed by atoms with Gasteiger partial charge in [-0.05, 0) is 63.1 Å². The maximum atomic E-state index is 6.21. The van der Waals surface area contributed by atoms with Crippen molar-refractivity contribution >= 4 is 55.8 Å². The van der Waals surface area contributed by atoms with Gasteiger partial charge in [0.15, 0.2) is 0 Å². The first-order chi connectivity index (χ1) is 9.02. The molecule has 0 saturated heterocycles. The minimum absolute atomic E-state index is 0.685. The molecule has 102 valence electrons. The van der Waals surface area contributed by atoms with Crippen LogP contribution in [-0.4, -0.2) is 9.78 Å². The summed E-state index contributed by atoms with van der Waals surface area (Å²) in [4.78, 5) is 0. The van der Waals surface area contributed by atoms with Crippen LogP contribution in [0.15, 0.2) is 22.7 Å². The van der Waals surface area contributed by atoms with Gasteiger partial charge in [0.1, 0.15) is 0 Å². The Morgan fingerprint density at radius 3 is 2.79 bits per heavy atom. The van der Waals surface area contributed by atoms with Crippen molar-refractivity contribution < 1.29 is 0 Å². The van der Waals surface area contributed by atoms with E-state index in [1.807, 2.05) is 29.9 Å². The molecular formula is C13H14BrClIN3. The number of hydrogen-bond donors (Lipinski definition) is 1. The number of halogens is 3. The van der Waals surface area contributed by atoms with E-state index in [2.05, 4.69) is 55.9 Å². The van der Waals surface area contributed by atoms with Gasteiger partial charge in [-0.1, -0.05) is 18.5 Å². The van der Waals surface area contributed by atoms with Crippen molar-refractivity contribution in [2.75, 3.05) is 5.32 Å². The van der Waals surface area contributed by atoms with Gasteiger partial charge in [-0.25, -0.2) is 0 Å². The molecule has 1 aromatic carbocycles. The number of aromatic nitrogens is 2. The van der Waals surface area contributed by atoms with Gasteiger partial charge in [-0.15, -0.1) is 0 Å². The molecular weight excluding hydrogens is 440 g/mol. The lowest BCUT2D eigenvalue weighted by molar-refractivity contribution is 0.706. The van der Waals surface area contributed by atoms with Crippen LogP contribution < -0.4 is 5.32 Å². The summed E-state index contributed by atoms with van der Waals surface area (Å²) in [5, 5.41) is 8.56. The summed E-state index contributed by atoms with van der Waals surface area (Å²) < 4.78 is 4.10. The minimum atomic E-state index is 0.685. The van der Waals surface area contributed by atoms with Gasteiger partial charge in [0.25, 0.3) is 0 Å². The number of aryl methyl sites for hydroxylation is 2. The van der Waals surface area contributed by atoms with Crippen molar-refractivity contribution in [2.45, 2.75) is 19.9 Å². The Morgan fingerprint density at radius 1 is 1.47 bits per heavy atom. The van der Waals surface area contributed by atoms with Gasteiger partial charge in [0.05, 0.1) is 33.1 Å². The average Bonchev–Trinajstić information content (AvgIpc) is 2.64. The number of hydrogen-bond acceptors (Lipinski definition) is 2. The first kappa shape index (κ1) is 15.1. The minimum Gasteiger partial charge on any atom is -0.378 e. The van der Waals surface area contributed by atoms with Crippen LogP contribution in [0.25, 0.3) is 0 Å². The molecule has 0 amide bonds. The quantitative estimate of drug-likeness (QED) is 0.684. The molecule has 1 heterocycles. The number of rotatable bonds is 4. The van der Waals surface area contributed by atoms with Gasteiger partial charge in [0, 0.05) is 10.6 Å². The predicted octanol–water partition coefficient (Wildman–Crippen LogP) is 4.62. The van der Waals surface area contributed by atoms with Gasteiger partial charge >= 0.3 is 0 Å². The van der Waals surface area contributed by atoms with Crippen molar-refractivity contribution in [1.82, 2.24) is 9.78 Å². The molecule has 6 heteroatoms. The van der Waals surface area contributed by atoms with Crippen LogP contribution in [0, 0.1) is 3.57 Å². The second-order valence-corrected chi connectivity index (χ2v) is 6.61. The van der Waals surface area contributed by atoms with E-state index in [-0.39, 0.29) is 0 Å². The first-order valence-corrected chi connectivity index (χ1v) is 8.17. The van der Waals surface area contributed by atoms with Crippen molar-refractivity contribution in [1.29, 1.82) is 0 Å². The molecule has 1 N–H and O–H groups in total. The highest BCUT2D eigenvalue weighted by atomic mass is 127. The molecule has 2 aromatic rings. The fourth-order valence-electron chi connectivity index (χ4n) is 1.82. The fourth-order valence-corrected chi connectivity index (χ4v) is 3.50. The Hall–Kier alpha value is -0.270. The third-order valence-corrected chi connectivity index (χ3v) is 4.78. The van der Waals surface area contributed by atoms with E-state index in [0.29, 0.717) is 6.54 Å². The van der Waals surface area contributed by atoms with E-state index >= 15 is 0 Å². The number of benzene rings is 1. The van der Waals surface area contributed by atoms with Crippen LogP contribution in [0.2, 0.25) is 5.02 Å². The van der Waals surface area contributed by atoms with Crippen LogP contribution in [0.5, 0.6) is 0 Å². The predicted molar refractivity (Wildman–Crippen MR) is 91.8 cm³/mol. The molecule has 19 heavy (non-hydrogen) atoms. The molecule has 0 bridgehead atoms. The van der Waals surface area contributed by atoms with Crippen molar-refractivity contribution in [2.24, 2.45) is 7.05 Å². The molecule has 0 aliphatic rings. The van der Waals surface area contributed by atoms with E-state index < -0.39 is 0 Å². The molecule has 0 fully saturated rings. The van der Waals surface area contributed by atoms with Crippen molar-refractivity contribution in [3.05, 3.63) is 42.7 Å². The zero-order valence-corrected chi connectivity index (χ0v) is 15.2. The second-order valence-electron chi connectivity index (χ2n) is 4.16. The Labute approximate surface area is 140 Å². The van der Waals surface area contributed by atoms with Gasteiger partial charge in [-0.2, -0.15) is 5.10 Å². The normalized spacial score (nSPS) is 10.8. The molecule has 0 unspecified atom stereocenters. The van der Waals surface area contributed by atoms with Crippen LogP contribution >= 0.6 is 50.1 Å². The Kier molecular flexibility index (Phi) is 5.14. The number of nitrogens with one attached hydrogen (secondary N) is 1. The van der Waals surface area contributed by atoms with E-state index in [1.54, 1.807) is 0 Å². The average molecular weight is 455 g/mol. The Bertz CT molecular complexity index is 598. The Morgan fingerprint density at radius 2 is 2.21 bits per heavy atom. The molecule has 0 radical (unpaired) electrons. The molecule has 0 saturated carbocycles. The fraction of sp³-hybridized carbons (Fsp3) is 0.308. The first-order valence-electron chi connectivity index (χ1n) is 5.92. The van der Waals surface area contributed by atoms with Crippen molar-refractivity contribution in [3.8, 4) is 0 Å². The highest BCUT2D eigenvalue weighted by molar-refractivity contribution is 14.1. The van der Waals surface area contributed by atoms with Gasteiger partial charge < -0.3 is 5.32 Å². The van der Waals surface area contributed by atoms with Crippen LogP contribution in [-0.2, 0) is 20.0 Å². The molecule has 0 spiro atoms. The molecule has 2 rings (SSSR count). The third-order valence-electron chi connectivity index (χ3n) is 2.88. The van der Waals surface area contributed by atoms with Gasteiger partial charge in [-0.3, -0.25) is 4.68 Å². The monoisotopic (exact) mass is 453 g/mol. The number of anilines is 1. The molecule has 0 atom stereocenters. The second kappa shape index (κ2) is 6.45. The van der Waals surface area contributed by atoms with Crippen LogP contribution in [0.1, 0.15) is 18.3 Å². The summed E-state index contributed by atoms with van der Waals surface area (Å²) in [7, 11) is 1.95. The highest BCUT2D eigenvalue weighted by Gasteiger charge is 2.12. The summed E-state index contributed by atoms with van der Waals surface area (Å²) in [5.74, 6) is 0. The lowest BCUT2D eigenvalue weighted by atomic mass is 10.3. The van der Waals surface area contributed by atoms with E-state index in [1.165, 1.54) is 0 Å². The van der Waals surface area contributed by atoms with Crippen LogP contribution in [0.4, 0.5) is 5.69 Å². The standard InChI is InChI=1S/C13H14BrClIN3/c1-3-10-13(14)12(19(2)18-10)7-17-11-5-4-8(16)6-9(11)15/h4-6,17H,3,7H2,1-2H3. The zero-order chi connectivity index (χ0) is 14.0. The summed E-state index contributed by atoms with van der Waals surface area (Å²) in [6.07, 6.45) is 0.915. The third kappa shape index (κ3) is 3.44. The topological polar surface area (TPSA) is 29.9 Å². The summed E-state index contributed by atoms with van der Waals surface area (Å²) >= 11 is 12.1. The van der Waals surface area contributed by atoms with Gasteiger partial charge in [0.2, 0.25) is 0 Å². The summed E-state index contributed by atoms with van der Waals surface area (Å²) in [5.41, 5.74) is 3.13. The SMILES string of the molecule is CCc1nn(C)c(CNc2ccc(I)cc2Cl)c1Br. The smallest absolute Gasteiger partial charge is 0.0767 e. The highest BCUT2D eigenvalue weighted by Crippen LogP contribution is 2.26. The van der Waals surface area contributed by atoms with Crippen LogP contribution in [0.3, 0.4) is 0 Å². The van der Waals surface area contributed by atoms with E-state index in [0.717, 1.165) is 36.6 Å². The summed E-state index contributed by atoms with van der Waals surface area (Å²) in [6, 6.07) is 5.97. The lowest BCUT2D eigenvalue weighted by Gasteiger charge is -2.09. The van der Waals surface area contributed by atoms with E-state index in [4.69, 9.17) is 11.6 Å². The maximum absolute atomic E-state index is 6.21. The maximum Gasteiger partial charge on any atom is 0.0767 e. The molecule has 1 aromatic heterocycles. The zero-order valence-electron chi connectivity index (χ0n) is 10.7. The summed E-state index contributed by atoms with van der Waals surface area (Å²) in [6.45, 7) is 2.78. The lowest BCUT2D eigenvalue weighted by Crippen LogP contribution is -2.06. The largest absolute Gasteiger partial charge is 0.378 e. The molecule has 0 aliphatic heterocycles. The van der Waals surface area contributed by atoms with Crippen molar-refractivity contribution in [3.63, 3.8) is 0 Å².